The molecule has 3 nitrogen and oxygen atoms in total. The predicted octanol–water partition coefficient (Wildman–Crippen LogP) is 6.86. The Kier molecular flexibility index (Phi) is 7.08. The molecular formula is C23H25BrClF3N2O. The van der Waals surface area contributed by atoms with Gasteiger partial charge in [-0.25, -0.2) is 0 Å². The van der Waals surface area contributed by atoms with Crippen molar-refractivity contribution in [3.63, 3.8) is 0 Å². The Balaban J connectivity index is 2.01. The SMILES string of the molecule is CC1CCCN1C(C)(C)C(NC(=O)c1cccc(C(F)(F)F)c1Cl)c1cccc(Br)c1. The molecule has 0 radical (unpaired) electrons. The van der Waals surface area contributed by atoms with Crippen molar-refractivity contribution >= 4 is 33.4 Å². The fourth-order valence-corrected chi connectivity index (χ4v) is 5.18. The van der Waals surface area contributed by atoms with Crippen LogP contribution in [0.25, 0.3) is 0 Å². The van der Waals surface area contributed by atoms with E-state index in [-0.39, 0.29) is 5.56 Å². The van der Waals surface area contributed by atoms with Crippen LogP contribution >= 0.6 is 27.5 Å². The number of hydrogen-bond acceptors (Lipinski definition) is 2. The molecule has 1 aliphatic rings. The number of likely N-dealkylation sites (tertiary alicyclic amines) is 1. The second-order valence-electron chi connectivity index (χ2n) is 8.46. The minimum Gasteiger partial charge on any atom is -0.343 e. The van der Waals surface area contributed by atoms with Crippen molar-refractivity contribution in [1.29, 1.82) is 0 Å². The highest BCUT2D eigenvalue weighted by Crippen LogP contribution is 2.39. The molecule has 8 heteroatoms. The van der Waals surface area contributed by atoms with Crippen LogP contribution in [-0.2, 0) is 6.18 Å². The fraction of sp³-hybridized carbons (Fsp3) is 0.435. The maximum absolute atomic E-state index is 13.3. The summed E-state index contributed by atoms with van der Waals surface area (Å²) in [6.45, 7) is 7.14. The molecule has 31 heavy (non-hydrogen) atoms. The van der Waals surface area contributed by atoms with Crippen LogP contribution in [0.3, 0.4) is 0 Å². The maximum atomic E-state index is 13.3. The monoisotopic (exact) mass is 516 g/mol. The largest absolute Gasteiger partial charge is 0.417 e. The third-order valence-electron chi connectivity index (χ3n) is 6.01. The zero-order valence-corrected chi connectivity index (χ0v) is 19.9. The second kappa shape index (κ2) is 9.12. The van der Waals surface area contributed by atoms with Gasteiger partial charge < -0.3 is 5.32 Å². The van der Waals surface area contributed by atoms with E-state index in [4.69, 9.17) is 11.6 Å². The minimum atomic E-state index is -4.64. The van der Waals surface area contributed by atoms with Gasteiger partial charge in [0, 0.05) is 16.1 Å². The molecule has 1 fully saturated rings. The molecule has 1 amide bonds. The molecule has 2 aromatic carbocycles. The number of rotatable bonds is 5. The van der Waals surface area contributed by atoms with Gasteiger partial charge in [-0.05, 0) is 70.0 Å². The molecule has 0 saturated carbocycles. The van der Waals surface area contributed by atoms with E-state index in [0.29, 0.717) is 6.04 Å². The summed E-state index contributed by atoms with van der Waals surface area (Å²) < 4.78 is 40.7. The third-order valence-corrected chi connectivity index (χ3v) is 6.91. The van der Waals surface area contributed by atoms with Crippen LogP contribution in [0.5, 0.6) is 0 Å². The Labute approximate surface area is 194 Å². The third kappa shape index (κ3) is 5.10. The van der Waals surface area contributed by atoms with E-state index in [1.165, 1.54) is 12.1 Å². The molecule has 2 aromatic rings. The average molecular weight is 518 g/mol. The van der Waals surface area contributed by atoms with E-state index in [0.717, 1.165) is 35.5 Å². The number of carbonyl (C=O) groups is 1. The molecule has 168 valence electrons. The molecule has 3 rings (SSSR count). The van der Waals surface area contributed by atoms with Gasteiger partial charge in [0.15, 0.2) is 0 Å². The summed E-state index contributed by atoms with van der Waals surface area (Å²) in [6.07, 6.45) is -2.52. The molecule has 1 saturated heterocycles. The summed E-state index contributed by atoms with van der Waals surface area (Å²) in [6, 6.07) is 10.8. The topological polar surface area (TPSA) is 32.3 Å². The van der Waals surface area contributed by atoms with Crippen LogP contribution < -0.4 is 5.32 Å². The number of hydrogen-bond donors (Lipinski definition) is 1. The lowest BCUT2D eigenvalue weighted by atomic mass is 9.86. The first-order valence-corrected chi connectivity index (χ1v) is 11.3. The fourth-order valence-electron chi connectivity index (χ4n) is 4.44. The lowest BCUT2D eigenvalue weighted by Crippen LogP contribution is -2.54. The second-order valence-corrected chi connectivity index (χ2v) is 9.76. The van der Waals surface area contributed by atoms with Crippen LogP contribution in [0.1, 0.15) is 61.1 Å². The summed E-state index contributed by atoms with van der Waals surface area (Å²) in [7, 11) is 0. The van der Waals surface area contributed by atoms with Gasteiger partial charge in [-0.1, -0.05) is 45.7 Å². The molecule has 2 atom stereocenters. The number of nitrogens with one attached hydrogen (secondary N) is 1. The zero-order chi connectivity index (χ0) is 23.0. The summed E-state index contributed by atoms with van der Waals surface area (Å²) in [5.74, 6) is -0.638. The van der Waals surface area contributed by atoms with Gasteiger partial charge in [0.05, 0.1) is 22.2 Å². The first-order valence-electron chi connectivity index (χ1n) is 10.1. The molecule has 1 N–H and O–H groups in total. The van der Waals surface area contributed by atoms with E-state index < -0.39 is 34.3 Å². The summed E-state index contributed by atoms with van der Waals surface area (Å²) >= 11 is 9.48. The van der Waals surface area contributed by atoms with Crippen molar-refractivity contribution in [1.82, 2.24) is 10.2 Å². The Hall–Kier alpha value is -1.57. The predicted molar refractivity (Wildman–Crippen MR) is 120 cm³/mol. The standard InChI is InChI=1S/C23H25BrClF3N2O/c1-14-7-6-12-30(14)22(2,3)20(15-8-4-9-16(24)13-15)29-21(31)17-10-5-11-18(19(17)25)23(26,27)28/h4-5,8-11,13-14,20H,6-7,12H2,1-3H3,(H,29,31). The highest BCUT2D eigenvalue weighted by Gasteiger charge is 2.42. The molecule has 2 unspecified atom stereocenters. The Bertz CT molecular complexity index is 964. The first kappa shape index (κ1) is 24.1. The van der Waals surface area contributed by atoms with E-state index in [1.807, 2.05) is 24.3 Å². The van der Waals surface area contributed by atoms with Crippen LogP contribution in [0.2, 0.25) is 5.02 Å². The molecule has 1 heterocycles. The van der Waals surface area contributed by atoms with Crippen molar-refractivity contribution in [3.05, 3.63) is 68.7 Å². The smallest absolute Gasteiger partial charge is 0.343 e. The molecule has 0 bridgehead atoms. The zero-order valence-electron chi connectivity index (χ0n) is 17.6. The van der Waals surface area contributed by atoms with Gasteiger partial charge in [0.25, 0.3) is 5.91 Å². The molecule has 0 spiro atoms. The van der Waals surface area contributed by atoms with Gasteiger partial charge >= 0.3 is 6.18 Å². The van der Waals surface area contributed by atoms with Crippen LogP contribution in [0.4, 0.5) is 13.2 Å². The normalized spacial score (nSPS) is 18.8. The van der Waals surface area contributed by atoms with Crippen molar-refractivity contribution in [2.75, 3.05) is 6.54 Å². The van der Waals surface area contributed by atoms with Crippen molar-refractivity contribution in [2.24, 2.45) is 0 Å². The average Bonchev–Trinajstić information content (AvgIpc) is 3.12. The van der Waals surface area contributed by atoms with Crippen LogP contribution in [0, 0.1) is 0 Å². The molecule has 1 aliphatic heterocycles. The van der Waals surface area contributed by atoms with Crippen LogP contribution in [0.15, 0.2) is 46.9 Å². The van der Waals surface area contributed by atoms with Gasteiger partial charge in [-0.3, -0.25) is 9.69 Å². The Morgan fingerprint density at radius 2 is 1.90 bits per heavy atom. The quantitative estimate of drug-likeness (QED) is 0.470. The number of carbonyl (C=O) groups excluding carboxylic acids is 1. The lowest BCUT2D eigenvalue weighted by Gasteiger charge is -2.45. The number of nitrogens with zero attached hydrogens (tertiary/aromatic N) is 1. The highest BCUT2D eigenvalue weighted by atomic mass is 79.9. The summed E-state index contributed by atoms with van der Waals surface area (Å²) in [4.78, 5) is 15.5. The van der Waals surface area contributed by atoms with E-state index in [1.54, 1.807) is 0 Å². The number of halogens is 5. The minimum absolute atomic E-state index is 0.193. The van der Waals surface area contributed by atoms with Gasteiger partial charge in [0.1, 0.15) is 0 Å². The van der Waals surface area contributed by atoms with Gasteiger partial charge in [-0.15, -0.1) is 0 Å². The molecule has 0 aliphatic carbocycles. The van der Waals surface area contributed by atoms with Gasteiger partial charge in [-0.2, -0.15) is 13.2 Å². The molecule has 0 aromatic heterocycles. The van der Waals surface area contributed by atoms with Crippen molar-refractivity contribution in [3.8, 4) is 0 Å². The van der Waals surface area contributed by atoms with E-state index in [2.05, 4.69) is 46.9 Å². The Morgan fingerprint density at radius 1 is 1.23 bits per heavy atom. The van der Waals surface area contributed by atoms with Crippen molar-refractivity contribution < 1.29 is 18.0 Å². The summed E-state index contributed by atoms with van der Waals surface area (Å²) in [5, 5.41) is 2.39. The van der Waals surface area contributed by atoms with E-state index in [9.17, 15) is 18.0 Å². The van der Waals surface area contributed by atoms with Crippen molar-refractivity contribution in [2.45, 2.75) is 57.4 Å². The Morgan fingerprint density at radius 3 is 2.48 bits per heavy atom. The van der Waals surface area contributed by atoms with Gasteiger partial charge in [0.2, 0.25) is 0 Å². The highest BCUT2D eigenvalue weighted by molar-refractivity contribution is 9.10. The van der Waals surface area contributed by atoms with E-state index >= 15 is 0 Å². The number of amides is 1. The lowest BCUT2D eigenvalue weighted by molar-refractivity contribution is -0.137. The number of alkyl halides is 3. The van der Waals surface area contributed by atoms with Crippen LogP contribution in [-0.4, -0.2) is 28.9 Å². The maximum Gasteiger partial charge on any atom is 0.417 e. The molecular weight excluding hydrogens is 493 g/mol. The summed E-state index contributed by atoms with van der Waals surface area (Å²) in [5.41, 5.74) is -0.842. The first-order chi connectivity index (χ1) is 14.4. The number of benzene rings is 2.